The van der Waals surface area contributed by atoms with Crippen molar-refractivity contribution in [3.8, 4) is 5.75 Å². The number of ketones is 1. The van der Waals surface area contributed by atoms with Crippen LogP contribution in [0.25, 0.3) is 6.08 Å². The van der Waals surface area contributed by atoms with Crippen molar-refractivity contribution in [3.63, 3.8) is 0 Å². The quantitative estimate of drug-likeness (QED) is 0.362. The van der Waals surface area contributed by atoms with Gasteiger partial charge >= 0.3 is 5.97 Å². The van der Waals surface area contributed by atoms with E-state index in [4.69, 9.17) is 9.84 Å². The van der Waals surface area contributed by atoms with Crippen LogP contribution in [-0.2, 0) is 4.79 Å². The van der Waals surface area contributed by atoms with Gasteiger partial charge in [0.25, 0.3) is 5.69 Å². The molecule has 0 aliphatic rings. The number of para-hydroxylation sites is 1. The highest BCUT2D eigenvalue weighted by Gasteiger charge is 2.11. The number of carbonyl (C=O) groups excluding carboxylic acids is 1. The van der Waals surface area contributed by atoms with E-state index in [2.05, 4.69) is 0 Å². The van der Waals surface area contributed by atoms with Crippen LogP contribution in [0.3, 0.4) is 0 Å². The number of ether oxygens (including phenoxy) is 1. The van der Waals surface area contributed by atoms with E-state index in [-0.39, 0.29) is 22.8 Å². The summed E-state index contributed by atoms with van der Waals surface area (Å²) >= 11 is 0. The van der Waals surface area contributed by atoms with E-state index in [1.165, 1.54) is 48.6 Å². The largest absolute Gasteiger partial charge is 0.481 e. The zero-order valence-corrected chi connectivity index (χ0v) is 12.4. The summed E-state index contributed by atoms with van der Waals surface area (Å²) in [7, 11) is 0. The Kier molecular flexibility index (Phi) is 5.40. The predicted octanol–water partition coefficient (Wildman–Crippen LogP) is 2.95. The van der Waals surface area contributed by atoms with Crippen LogP contribution in [0, 0.1) is 10.1 Å². The Labute approximate surface area is 137 Å². The molecule has 1 N–H and O–H groups in total. The lowest BCUT2D eigenvalue weighted by Crippen LogP contribution is -2.11. The second kappa shape index (κ2) is 7.68. The van der Waals surface area contributed by atoms with Gasteiger partial charge in [0, 0.05) is 12.1 Å². The lowest BCUT2D eigenvalue weighted by Gasteiger charge is -2.07. The monoisotopic (exact) mass is 327 g/mol. The Morgan fingerprint density at radius 2 is 1.79 bits per heavy atom. The van der Waals surface area contributed by atoms with Crippen molar-refractivity contribution in [2.45, 2.75) is 0 Å². The maximum atomic E-state index is 12.2. The molecule has 122 valence electrons. The predicted molar refractivity (Wildman–Crippen MR) is 86.0 cm³/mol. The molecule has 0 unspecified atom stereocenters. The minimum atomic E-state index is -1.14. The Morgan fingerprint density at radius 1 is 1.12 bits per heavy atom. The molecule has 0 heterocycles. The number of hydrogen-bond acceptors (Lipinski definition) is 5. The van der Waals surface area contributed by atoms with E-state index >= 15 is 0 Å². The van der Waals surface area contributed by atoms with Crippen molar-refractivity contribution < 1.29 is 24.4 Å². The molecule has 2 aromatic rings. The first-order valence-electron chi connectivity index (χ1n) is 6.88. The second-order valence-electron chi connectivity index (χ2n) is 4.72. The van der Waals surface area contributed by atoms with Gasteiger partial charge in [0.15, 0.2) is 12.4 Å². The molecule has 0 saturated heterocycles. The van der Waals surface area contributed by atoms with Gasteiger partial charge in [-0.25, -0.2) is 4.79 Å². The summed E-state index contributed by atoms with van der Waals surface area (Å²) in [6.07, 6.45) is 2.81. The van der Waals surface area contributed by atoms with Crippen molar-refractivity contribution in [2.75, 3.05) is 6.61 Å². The second-order valence-corrected chi connectivity index (χ2v) is 4.72. The summed E-state index contributed by atoms with van der Waals surface area (Å²) < 4.78 is 5.08. The third kappa shape index (κ3) is 4.51. The van der Waals surface area contributed by atoms with Crippen LogP contribution < -0.4 is 4.74 Å². The highest BCUT2D eigenvalue weighted by molar-refractivity contribution is 6.08. The maximum Gasteiger partial charge on any atom is 0.341 e. The zero-order chi connectivity index (χ0) is 17.5. The summed E-state index contributed by atoms with van der Waals surface area (Å²) in [5, 5.41) is 19.2. The first-order valence-corrected chi connectivity index (χ1v) is 6.88. The molecular weight excluding hydrogens is 314 g/mol. The van der Waals surface area contributed by atoms with Gasteiger partial charge in [0.2, 0.25) is 0 Å². The first-order chi connectivity index (χ1) is 11.5. The molecule has 0 saturated carbocycles. The van der Waals surface area contributed by atoms with Crippen LogP contribution in [0.2, 0.25) is 0 Å². The SMILES string of the molecule is O=C(O)COc1ccccc1C(=O)/C=C/c1ccc([N+](=O)[O-])cc1. The van der Waals surface area contributed by atoms with Crippen LogP contribution >= 0.6 is 0 Å². The first kappa shape index (κ1) is 16.9. The van der Waals surface area contributed by atoms with Gasteiger partial charge in [0.1, 0.15) is 5.75 Å². The van der Waals surface area contributed by atoms with Gasteiger partial charge in [-0.15, -0.1) is 0 Å². The van der Waals surface area contributed by atoms with Crippen LogP contribution in [0.5, 0.6) is 5.75 Å². The molecule has 0 aromatic heterocycles. The number of carbonyl (C=O) groups is 2. The van der Waals surface area contributed by atoms with E-state index in [0.29, 0.717) is 5.56 Å². The minimum absolute atomic E-state index is 0.0362. The van der Waals surface area contributed by atoms with E-state index in [1.807, 2.05) is 0 Å². The van der Waals surface area contributed by atoms with Gasteiger partial charge in [-0.3, -0.25) is 14.9 Å². The van der Waals surface area contributed by atoms with Crippen molar-refractivity contribution in [2.24, 2.45) is 0 Å². The minimum Gasteiger partial charge on any atom is -0.481 e. The summed E-state index contributed by atoms with van der Waals surface area (Å²) in [5.74, 6) is -1.33. The number of carboxylic acids is 1. The van der Waals surface area contributed by atoms with Crippen molar-refractivity contribution in [1.29, 1.82) is 0 Å². The number of hydrogen-bond donors (Lipinski definition) is 1. The fourth-order valence-corrected chi connectivity index (χ4v) is 1.90. The van der Waals surface area contributed by atoms with E-state index < -0.39 is 17.5 Å². The third-order valence-electron chi connectivity index (χ3n) is 3.03. The molecule has 0 bridgehead atoms. The number of benzene rings is 2. The summed E-state index contributed by atoms with van der Waals surface area (Å²) in [4.78, 5) is 32.9. The number of nitro groups is 1. The van der Waals surface area contributed by atoms with E-state index in [0.717, 1.165) is 0 Å². The maximum absolute atomic E-state index is 12.2. The van der Waals surface area contributed by atoms with Crippen molar-refractivity contribution >= 4 is 23.5 Å². The zero-order valence-electron chi connectivity index (χ0n) is 12.4. The molecule has 7 heteroatoms. The highest BCUT2D eigenvalue weighted by Crippen LogP contribution is 2.20. The molecule has 24 heavy (non-hydrogen) atoms. The smallest absolute Gasteiger partial charge is 0.341 e. The van der Waals surface area contributed by atoms with Gasteiger partial charge in [-0.1, -0.05) is 18.2 Å². The van der Waals surface area contributed by atoms with Gasteiger partial charge in [-0.2, -0.15) is 0 Å². The highest BCUT2D eigenvalue weighted by atomic mass is 16.6. The van der Waals surface area contributed by atoms with Gasteiger partial charge in [-0.05, 0) is 35.9 Å². The Bertz CT molecular complexity index is 795. The van der Waals surface area contributed by atoms with Gasteiger partial charge in [0.05, 0.1) is 10.5 Å². The number of carboxylic acid groups (broad SMARTS) is 1. The fourth-order valence-electron chi connectivity index (χ4n) is 1.90. The number of rotatable bonds is 7. The van der Waals surface area contributed by atoms with E-state index in [1.54, 1.807) is 12.1 Å². The average molecular weight is 327 g/mol. The molecule has 0 amide bonds. The van der Waals surface area contributed by atoms with Crippen LogP contribution in [0.15, 0.2) is 54.6 Å². The summed E-state index contributed by atoms with van der Waals surface area (Å²) in [5.41, 5.74) is 0.820. The summed E-state index contributed by atoms with van der Waals surface area (Å²) in [6.45, 7) is -0.545. The number of non-ortho nitro benzene ring substituents is 1. The van der Waals surface area contributed by atoms with Crippen LogP contribution in [0.1, 0.15) is 15.9 Å². The number of nitro benzene ring substituents is 1. The number of nitrogens with zero attached hydrogens (tertiary/aromatic N) is 1. The lowest BCUT2D eigenvalue weighted by atomic mass is 10.1. The molecule has 0 atom stereocenters. The molecule has 0 spiro atoms. The molecule has 0 aliphatic carbocycles. The molecule has 2 rings (SSSR count). The molecule has 2 aromatic carbocycles. The van der Waals surface area contributed by atoms with Crippen LogP contribution in [-0.4, -0.2) is 28.4 Å². The van der Waals surface area contributed by atoms with Crippen molar-refractivity contribution in [1.82, 2.24) is 0 Å². The average Bonchev–Trinajstić information content (AvgIpc) is 2.58. The van der Waals surface area contributed by atoms with E-state index in [9.17, 15) is 19.7 Å². The fraction of sp³-hybridized carbons (Fsp3) is 0.0588. The Balaban J connectivity index is 2.14. The third-order valence-corrected chi connectivity index (χ3v) is 3.03. The number of aliphatic carboxylic acids is 1. The van der Waals surface area contributed by atoms with Crippen molar-refractivity contribution in [3.05, 3.63) is 75.8 Å². The molecule has 0 aliphatic heterocycles. The molecular formula is C17H13NO6. The van der Waals surface area contributed by atoms with Gasteiger partial charge < -0.3 is 9.84 Å². The Morgan fingerprint density at radius 3 is 2.42 bits per heavy atom. The lowest BCUT2D eigenvalue weighted by molar-refractivity contribution is -0.384. The molecule has 0 radical (unpaired) electrons. The topological polar surface area (TPSA) is 107 Å². The summed E-state index contributed by atoms with van der Waals surface area (Å²) in [6, 6.07) is 12.0. The molecule has 7 nitrogen and oxygen atoms in total. The van der Waals surface area contributed by atoms with Crippen LogP contribution in [0.4, 0.5) is 5.69 Å². The number of allylic oxidation sites excluding steroid dienone is 1. The standard InChI is InChI=1S/C17H13NO6/c19-15(10-7-12-5-8-13(9-6-12)18(22)23)14-3-1-2-4-16(14)24-11-17(20)21/h1-10H,11H2,(H,20,21)/b10-7+. The molecule has 0 fully saturated rings. The normalized spacial score (nSPS) is 10.5. The Hall–Kier alpha value is -3.48.